The van der Waals surface area contributed by atoms with E-state index in [0.29, 0.717) is 4.43 Å². The van der Waals surface area contributed by atoms with Crippen molar-refractivity contribution in [2.75, 3.05) is 18.1 Å². The Morgan fingerprint density at radius 3 is 2.45 bits per heavy atom. The van der Waals surface area contributed by atoms with Crippen LogP contribution >= 0.6 is 22.6 Å². The van der Waals surface area contributed by atoms with Crippen LogP contribution in [-0.4, -0.2) is 47.7 Å². The number of carbonyl (C=O) groups is 1. The summed E-state index contributed by atoms with van der Waals surface area (Å²) in [4.78, 5) is 11.8. The second-order valence-electron chi connectivity index (χ2n) is 6.29. The second kappa shape index (κ2) is 7.38. The van der Waals surface area contributed by atoms with E-state index in [1.165, 1.54) is 0 Å². The molecule has 1 fully saturated rings. The molecule has 1 aliphatic rings. The molecule has 118 valence electrons. The van der Waals surface area contributed by atoms with Gasteiger partial charge in [0, 0.05) is 17.5 Å². The lowest BCUT2D eigenvalue weighted by molar-refractivity contribution is -0.258. The van der Waals surface area contributed by atoms with Crippen LogP contribution < -0.4 is 0 Å². The first-order valence-electron chi connectivity index (χ1n) is 6.81. The molecular formula is C14H25IO5. The van der Waals surface area contributed by atoms with Gasteiger partial charge in [-0.25, -0.2) is 0 Å². The Morgan fingerprint density at radius 2 is 2.00 bits per heavy atom. The fourth-order valence-corrected chi connectivity index (χ4v) is 2.90. The highest BCUT2D eigenvalue weighted by Gasteiger charge is 2.43. The fraction of sp³-hybridized carbons (Fsp3) is 0.929. The molecule has 0 aliphatic carbocycles. The summed E-state index contributed by atoms with van der Waals surface area (Å²) in [5.41, 5.74) is -0.537. The van der Waals surface area contributed by atoms with Gasteiger partial charge in [-0.3, -0.25) is 4.79 Å². The normalized spacial score (nSPS) is 34.9. The number of aliphatic hydroxyl groups excluding tert-OH is 1. The molecule has 1 N–H and O–H groups in total. The number of ether oxygens (including phenoxy) is 3. The van der Waals surface area contributed by atoms with Crippen LogP contribution in [0.25, 0.3) is 0 Å². The van der Waals surface area contributed by atoms with Gasteiger partial charge in [0.1, 0.15) is 0 Å². The molecule has 0 bridgehead atoms. The third kappa shape index (κ3) is 4.29. The zero-order valence-corrected chi connectivity index (χ0v) is 14.9. The van der Waals surface area contributed by atoms with Crippen LogP contribution in [0.2, 0.25) is 0 Å². The first-order valence-corrected chi connectivity index (χ1v) is 8.34. The van der Waals surface area contributed by atoms with Crippen LogP contribution in [0.5, 0.6) is 0 Å². The summed E-state index contributed by atoms with van der Waals surface area (Å²) in [5.74, 6) is -0.480. The van der Waals surface area contributed by atoms with Crippen LogP contribution in [0, 0.1) is 17.3 Å². The lowest BCUT2D eigenvalue weighted by Gasteiger charge is -2.42. The van der Waals surface area contributed by atoms with Gasteiger partial charge >= 0.3 is 5.97 Å². The summed E-state index contributed by atoms with van der Waals surface area (Å²) in [5, 5.41) is 10.2. The van der Waals surface area contributed by atoms with Gasteiger partial charge in [0.2, 0.25) is 0 Å². The minimum absolute atomic E-state index is 0.0544. The summed E-state index contributed by atoms with van der Waals surface area (Å²) >= 11 is 2.18. The van der Waals surface area contributed by atoms with Gasteiger partial charge in [-0.2, -0.15) is 0 Å². The highest BCUT2D eigenvalue weighted by Crippen LogP contribution is 2.33. The maximum absolute atomic E-state index is 11.8. The second-order valence-corrected chi connectivity index (χ2v) is 7.18. The summed E-state index contributed by atoms with van der Waals surface area (Å²) in [7, 11) is 1.57. The number of rotatable bonds is 4. The SMILES string of the molecule is CO[C@H]1O[C@H](CI)[C@@H](O)[C@H](C)[C@H]1COC(=O)C(C)(C)C. The molecule has 0 aromatic rings. The third-order valence-electron chi connectivity index (χ3n) is 3.66. The molecule has 20 heavy (non-hydrogen) atoms. The van der Waals surface area contributed by atoms with E-state index in [9.17, 15) is 9.90 Å². The van der Waals surface area contributed by atoms with Crippen LogP contribution in [0.15, 0.2) is 0 Å². The lowest BCUT2D eigenvalue weighted by atomic mass is 9.84. The van der Waals surface area contributed by atoms with Crippen molar-refractivity contribution in [3.8, 4) is 0 Å². The standard InChI is InChI=1S/C14H25IO5/c1-8-9(7-19-13(17)14(2,3)4)12(18-5)20-10(6-15)11(8)16/h8-12,16H,6-7H2,1-5H3/t8-,9-,10-,11+,12+/m1/s1. The summed E-state index contributed by atoms with van der Waals surface area (Å²) < 4.78 is 17.1. The number of methoxy groups -OCH3 is 1. The van der Waals surface area contributed by atoms with E-state index in [2.05, 4.69) is 22.6 Å². The highest BCUT2D eigenvalue weighted by molar-refractivity contribution is 14.1. The average Bonchev–Trinajstić information content (AvgIpc) is 2.38. The Kier molecular flexibility index (Phi) is 6.69. The van der Waals surface area contributed by atoms with Crippen molar-refractivity contribution in [3.05, 3.63) is 0 Å². The van der Waals surface area contributed by atoms with Crippen molar-refractivity contribution >= 4 is 28.6 Å². The Labute approximate surface area is 134 Å². The van der Waals surface area contributed by atoms with Gasteiger partial charge < -0.3 is 19.3 Å². The summed E-state index contributed by atoms with van der Waals surface area (Å²) in [6, 6.07) is 0. The van der Waals surface area contributed by atoms with E-state index < -0.39 is 17.8 Å². The van der Waals surface area contributed by atoms with Crippen molar-refractivity contribution < 1.29 is 24.1 Å². The Balaban J connectivity index is 2.69. The van der Waals surface area contributed by atoms with Crippen LogP contribution in [-0.2, 0) is 19.0 Å². The van der Waals surface area contributed by atoms with Gasteiger partial charge in [0.25, 0.3) is 0 Å². The maximum atomic E-state index is 11.8. The lowest BCUT2D eigenvalue weighted by Crippen LogP contribution is -2.53. The number of halogens is 1. The van der Waals surface area contributed by atoms with E-state index in [4.69, 9.17) is 14.2 Å². The molecule has 0 spiro atoms. The van der Waals surface area contributed by atoms with Gasteiger partial charge in [-0.15, -0.1) is 0 Å². The third-order valence-corrected chi connectivity index (χ3v) is 4.53. The van der Waals surface area contributed by atoms with Gasteiger partial charge in [0.05, 0.1) is 24.2 Å². The highest BCUT2D eigenvalue weighted by atomic mass is 127. The van der Waals surface area contributed by atoms with E-state index >= 15 is 0 Å². The minimum Gasteiger partial charge on any atom is -0.465 e. The predicted octanol–water partition coefficient (Wildman–Crippen LogP) is 2.00. The average molecular weight is 400 g/mol. The number of aliphatic hydroxyl groups is 1. The van der Waals surface area contributed by atoms with Gasteiger partial charge in [0.15, 0.2) is 6.29 Å². The molecule has 5 atom stereocenters. The topological polar surface area (TPSA) is 65.0 Å². The molecule has 0 aromatic carbocycles. The zero-order chi connectivity index (χ0) is 15.5. The smallest absolute Gasteiger partial charge is 0.311 e. The van der Waals surface area contributed by atoms with E-state index in [0.717, 1.165) is 0 Å². The fourth-order valence-electron chi connectivity index (χ4n) is 2.17. The van der Waals surface area contributed by atoms with Crippen molar-refractivity contribution in [1.82, 2.24) is 0 Å². The molecule has 6 heteroatoms. The van der Waals surface area contributed by atoms with Crippen molar-refractivity contribution in [2.24, 2.45) is 17.3 Å². The largest absolute Gasteiger partial charge is 0.465 e. The Bertz CT molecular complexity index is 326. The molecule has 1 rings (SSSR count). The quantitative estimate of drug-likeness (QED) is 0.444. The van der Waals surface area contributed by atoms with Crippen molar-refractivity contribution in [3.63, 3.8) is 0 Å². The molecule has 1 heterocycles. The zero-order valence-electron chi connectivity index (χ0n) is 12.8. The van der Waals surface area contributed by atoms with Crippen LogP contribution in [0.1, 0.15) is 27.7 Å². The van der Waals surface area contributed by atoms with Gasteiger partial charge in [-0.05, 0) is 26.7 Å². The number of alkyl halides is 1. The summed E-state index contributed by atoms with van der Waals surface area (Å²) in [6.07, 6.45) is -1.28. The first kappa shape index (κ1) is 18.1. The molecule has 0 amide bonds. The molecule has 5 nitrogen and oxygen atoms in total. The van der Waals surface area contributed by atoms with Gasteiger partial charge in [-0.1, -0.05) is 29.5 Å². The first-order chi connectivity index (χ1) is 9.22. The number of hydrogen-bond acceptors (Lipinski definition) is 5. The molecule has 1 aliphatic heterocycles. The Hall–Kier alpha value is 0.0800. The van der Waals surface area contributed by atoms with Crippen molar-refractivity contribution in [1.29, 1.82) is 0 Å². The van der Waals surface area contributed by atoms with E-state index in [-0.39, 0.29) is 30.5 Å². The minimum atomic E-state index is -0.573. The molecule has 1 saturated heterocycles. The van der Waals surface area contributed by atoms with Crippen LogP contribution in [0.3, 0.4) is 0 Å². The Morgan fingerprint density at radius 1 is 1.40 bits per heavy atom. The van der Waals surface area contributed by atoms with Crippen molar-refractivity contribution in [2.45, 2.75) is 46.2 Å². The molecule has 0 aromatic heterocycles. The van der Waals surface area contributed by atoms with E-state index in [1.807, 2.05) is 27.7 Å². The molecule has 0 unspecified atom stereocenters. The van der Waals surface area contributed by atoms with Crippen LogP contribution in [0.4, 0.5) is 0 Å². The maximum Gasteiger partial charge on any atom is 0.311 e. The molecule has 0 radical (unpaired) electrons. The summed E-state index contributed by atoms with van der Waals surface area (Å²) in [6.45, 7) is 7.57. The number of carbonyl (C=O) groups excluding carboxylic acids is 1. The number of esters is 1. The molecular weight excluding hydrogens is 375 g/mol. The van der Waals surface area contributed by atoms with E-state index in [1.54, 1.807) is 7.11 Å². The molecule has 0 saturated carbocycles. The predicted molar refractivity (Wildman–Crippen MR) is 83.6 cm³/mol. The monoisotopic (exact) mass is 400 g/mol. The number of hydrogen-bond donors (Lipinski definition) is 1.